The Morgan fingerprint density at radius 1 is 1.17 bits per heavy atom. The Labute approximate surface area is 211 Å². The highest BCUT2D eigenvalue weighted by Crippen LogP contribution is 2.40. The maximum Gasteiger partial charge on any atom is 0.349 e. The van der Waals surface area contributed by atoms with Crippen LogP contribution in [0.2, 0.25) is 10.0 Å². The van der Waals surface area contributed by atoms with Gasteiger partial charge in [-0.1, -0.05) is 23.2 Å². The topological polar surface area (TPSA) is 155 Å². The zero-order valence-corrected chi connectivity index (χ0v) is 20.2. The summed E-state index contributed by atoms with van der Waals surface area (Å²) < 4.78 is 59.0. The summed E-state index contributed by atoms with van der Waals surface area (Å²) in [7, 11) is -4.16. The largest absolute Gasteiger partial charge is 0.507 e. The van der Waals surface area contributed by atoms with Crippen LogP contribution in [0.25, 0.3) is 5.69 Å². The minimum Gasteiger partial charge on any atom is -0.507 e. The molecule has 1 unspecified atom stereocenters. The molecule has 0 radical (unpaired) electrons. The Morgan fingerprint density at radius 3 is 2.42 bits per heavy atom. The molecule has 0 bridgehead atoms. The van der Waals surface area contributed by atoms with E-state index < -0.39 is 50.1 Å². The van der Waals surface area contributed by atoms with Crippen LogP contribution in [0.15, 0.2) is 44.8 Å². The molecular formula is C20H16Cl2F2N4O7S. The molecule has 1 aromatic heterocycles. The van der Waals surface area contributed by atoms with Gasteiger partial charge in [0.2, 0.25) is 10.0 Å². The van der Waals surface area contributed by atoms with E-state index in [2.05, 4.69) is 5.10 Å². The van der Waals surface area contributed by atoms with Gasteiger partial charge in [0.05, 0.1) is 21.8 Å². The lowest BCUT2D eigenvalue weighted by Gasteiger charge is -2.18. The van der Waals surface area contributed by atoms with E-state index in [0.717, 1.165) is 28.6 Å². The summed E-state index contributed by atoms with van der Waals surface area (Å²) in [6.45, 7) is -0.0595. The number of rotatable bonds is 6. The predicted octanol–water partition coefficient (Wildman–Crippen LogP) is 2.42. The van der Waals surface area contributed by atoms with Crippen molar-refractivity contribution in [3.05, 3.63) is 66.9 Å². The molecule has 2 heterocycles. The molecule has 1 aliphatic heterocycles. The standard InChI is InChI=1S/C20H16Cl2F2N4O7S/c21-12-5-9(28-20(32)25-19(31)16(26-28)18(23)24)6-13(22)17(12)35-11-1-2-14(30)15(7-11)36(33,34)27-4-3-10(29)8-27/h1-2,5-7,10,18,29-30H,3-4,8H2,(H,25,31,32). The number of phenols is 1. The van der Waals surface area contributed by atoms with E-state index in [4.69, 9.17) is 27.9 Å². The second kappa shape index (κ2) is 9.78. The first-order chi connectivity index (χ1) is 16.9. The predicted molar refractivity (Wildman–Crippen MR) is 123 cm³/mol. The molecule has 11 nitrogen and oxygen atoms in total. The summed E-state index contributed by atoms with van der Waals surface area (Å²) in [5.41, 5.74) is -3.82. The van der Waals surface area contributed by atoms with Gasteiger partial charge in [0.1, 0.15) is 16.4 Å². The van der Waals surface area contributed by atoms with Crippen molar-refractivity contribution in [2.24, 2.45) is 0 Å². The third-order valence-electron chi connectivity index (χ3n) is 5.18. The summed E-state index contributed by atoms with van der Waals surface area (Å²) in [5.74, 6) is -0.809. The number of sulfonamides is 1. The number of phenolic OH excluding ortho intramolecular Hbond substituents is 1. The van der Waals surface area contributed by atoms with E-state index in [9.17, 15) is 37.0 Å². The number of nitrogens with zero attached hydrogens (tertiary/aromatic N) is 3. The third-order valence-corrected chi connectivity index (χ3v) is 7.64. The van der Waals surface area contributed by atoms with Crippen molar-refractivity contribution in [3.63, 3.8) is 0 Å². The van der Waals surface area contributed by atoms with Crippen LogP contribution in [0.3, 0.4) is 0 Å². The number of ether oxygens (including phenoxy) is 1. The van der Waals surface area contributed by atoms with Crippen LogP contribution in [0.5, 0.6) is 17.2 Å². The second-order valence-electron chi connectivity index (χ2n) is 7.63. The summed E-state index contributed by atoms with van der Waals surface area (Å²) >= 11 is 12.4. The minimum absolute atomic E-state index is 0.0680. The number of hydrogen-bond acceptors (Lipinski definition) is 8. The third kappa shape index (κ3) is 4.95. The molecule has 1 saturated heterocycles. The molecule has 1 fully saturated rings. The van der Waals surface area contributed by atoms with Gasteiger partial charge in [-0.05, 0) is 30.7 Å². The van der Waals surface area contributed by atoms with E-state index in [-0.39, 0.29) is 46.7 Å². The first-order valence-corrected chi connectivity index (χ1v) is 12.3. The Bertz CT molecular complexity index is 1540. The van der Waals surface area contributed by atoms with Gasteiger partial charge >= 0.3 is 5.69 Å². The summed E-state index contributed by atoms with van der Waals surface area (Å²) in [5, 5.41) is 22.8. The SMILES string of the molecule is O=c1[nH]c(=O)n(-c2cc(Cl)c(Oc3ccc(O)c(S(=O)(=O)N4CCC(O)C4)c3)c(Cl)c2)nc1C(F)F. The number of aromatic hydroxyl groups is 1. The molecule has 16 heteroatoms. The number of aliphatic hydroxyl groups excluding tert-OH is 1. The van der Waals surface area contributed by atoms with Crippen molar-refractivity contribution in [3.8, 4) is 22.9 Å². The molecule has 2 aromatic carbocycles. The molecule has 3 N–H and O–H groups in total. The lowest BCUT2D eigenvalue weighted by atomic mass is 10.3. The first-order valence-electron chi connectivity index (χ1n) is 10.1. The van der Waals surface area contributed by atoms with Crippen molar-refractivity contribution in [2.75, 3.05) is 13.1 Å². The van der Waals surface area contributed by atoms with Crippen LogP contribution in [0, 0.1) is 0 Å². The second-order valence-corrected chi connectivity index (χ2v) is 10.4. The fourth-order valence-electron chi connectivity index (χ4n) is 3.45. The van der Waals surface area contributed by atoms with Crippen LogP contribution in [-0.2, 0) is 10.0 Å². The van der Waals surface area contributed by atoms with Crippen LogP contribution in [-0.4, -0.2) is 56.9 Å². The fourth-order valence-corrected chi connectivity index (χ4v) is 5.59. The van der Waals surface area contributed by atoms with Gasteiger partial charge in [0, 0.05) is 19.2 Å². The average molecular weight is 565 g/mol. The normalized spacial score (nSPS) is 16.6. The lowest BCUT2D eigenvalue weighted by molar-refractivity contribution is 0.141. The van der Waals surface area contributed by atoms with E-state index in [1.54, 1.807) is 4.98 Å². The van der Waals surface area contributed by atoms with Crippen molar-refractivity contribution in [1.29, 1.82) is 0 Å². The van der Waals surface area contributed by atoms with Crippen LogP contribution in [0.4, 0.5) is 8.78 Å². The molecule has 1 atom stereocenters. The summed E-state index contributed by atoms with van der Waals surface area (Å²) in [6, 6.07) is 5.58. The number of aromatic nitrogens is 3. The van der Waals surface area contributed by atoms with E-state index in [0.29, 0.717) is 4.68 Å². The van der Waals surface area contributed by atoms with Crippen LogP contribution < -0.4 is 16.0 Å². The Balaban J connectivity index is 1.69. The highest BCUT2D eigenvalue weighted by Gasteiger charge is 2.33. The summed E-state index contributed by atoms with van der Waals surface area (Å²) in [4.78, 5) is 24.9. The van der Waals surface area contributed by atoms with E-state index >= 15 is 0 Å². The molecule has 0 saturated carbocycles. The molecule has 36 heavy (non-hydrogen) atoms. The fraction of sp³-hybridized carbons (Fsp3) is 0.250. The van der Waals surface area contributed by atoms with Crippen molar-refractivity contribution in [1.82, 2.24) is 19.1 Å². The zero-order valence-electron chi connectivity index (χ0n) is 17.9. The van der Waals surface area contributed by atoms with Crippen molar-refractivity contribution >= 4 is 33.2 Å². The number of benzene rings is 2. The number of halogens is 4. The monoisotopic (exact) mass is 564 g/mol. The number of aliphatic hydroxyl groups is 1. The highest BCUT2D eigenvalue weighted by molar-refractivity contribution is 7.89. The maximum absolute atomic E-state index is 13.0. The van der Waals surface area contributed by atoms with E-state index in [1.165, 1.54) is 6.07 Å². The molecule has 1 aliphatic rings. The van der Waals surface area contributed by atoms with Crippen molar-refractivity contribution < 1.29 is 32.1 Å². The quantitative estimate of drug-likeness (QED) is 0.412. The Hall–Kier alpha value is -3.04. The van der Waals surface area contributed by atoms with Crippen molar-refractivity contribution in [2.45, 2.75) is 23.8 Å². The van der Waals surface area contributed by atoms with Crippen LogP contribution >= 0.6 is 23.2 Å². The van der Waals surface area contributed by atoms with Gasteiger partial charge in [-0.25, -0.2) is 22.0 Å². The molecule has 3 aromatic rings. The van der Waals surface area contributed by atoms with Gasteiger partial charge < -0.3 is 14.9 Å². The molecular weight excluding hydrogens is 549 g/mol. The number of alkyl halides is 2. The van der Waals surface area contributed by atoms with Crippen LogP contribution in [0.1, 0.15) is 18.5 Å². The smallest absolute Gasteiger partial charge is 0.349 e. The Kier molecular flexibility index (Phi) is 7.07. The molecule has 0 amide bonds. The number of nitrogens with one attached hydrogen (secondary N) is 1. The number of H-pyrrole nitrogens is 1. The maximum atomic E-state index is 13.0. The average Bonchev–Trinajstić information content (AvgIpc) is 3.24. The molecule has 4 rings (SSSR count). The van der Waals surface area contributed by atoms with Gasteiger partial charge in [-0.3, -0.25) is 9.78 Å². The number of β-amino-alcohol motifs (C(OH)–C–C–N with tert-alkyl or cyclic N) is 1. The lowest BCUT2D eigenvalue weighted by Crippen LogP contribution is -2.34. The minimum atomic E-state index is -4.16. The summed E-state index contributed by atoms with van der Waals surface area (Å²) in [6.07, 6.45) is -3.82. The molecule has 0 aliphatic carbocycles. The highest BCUT2D eigenvalue weighted by atomic mass is 35.5. The number of hydrogen-bond donors (Lipinski definition) is 3. The van der Waals surface area contributed by atoms with Gasteiger partial charge in [-0.15, -0.1) is 0 Å². The molecule has 192 valence electrons. The first kappa shape index (κ1) is 26.0. The van der Waals surface area contributed by atoms with E-state index in [1.807, 2.05) is 0 Å². The Morgan fingerprint density at radius 2 is 1.83 bits per heavy atom. The van der Waals surface area contributed by atoms with Gasteiger partial charge in [-0.2, -0.15) is 14.1 Å². The number of aromatic amines is 1. The molecule has 0 spiro atoms. The van der Waals surface area contributed by atoms with Gasteiger partial charge in [0.15, 0.2) is 11.4 Å². The zero-order chi connectivity index (χ0) is 26.4. The van der Waals surface area contributed by atoms with Gasteiger partial charge in [0.25, 0.3) is 12.0 Å².